The highest BCUT2D eigenvalue weighted by atomic mass is 19.1. The quantitative estimate of drug-likeness (QED) is 0.681. The highest BCUT2D eigenvalue weighted by Crippen LogP contribution is 2.28. The van der Waals surface area contributed by atoms with Gasteiger partial charge in [-0.05, 0) is 42.3 Å². The van der Waals surface area contributed by atoms with E-state index >= 15 is 0 Å². The van der Waals surface area contributed by atoms with Crippen molar-refractivity contribution in [3.8, 4) is 17.6 Å². The number of unbranched alkanes of at least 4 members (excludes halogenated alkanes) is 1. The maximum atomic E-state index is 13.1. The molecule has 0 fully saturated rings. The third kappa shape index (κ3) is 5.89. The molecule has 2 amide bonds. The minimum atomic E-state index is -0.536. The Labute approximate surface area is 157 Å². The van der Waals surface area contributed by atoms with E-state index in [4.69, 9.17) is 14.7 Å². The van der Waals surface area contributed by atoms with Crippen molar-refractivity contribution >= 4 is 11.7 Å². The first-order valence-electron chi connectivity index (χ1n) is 8.61. The summed E-state index contributed by atoms with van der Waals surface area (Å²) in [6.45, 7) is 2.96. The summed E-state index contributed by atoms with van der Waals surface area (Å²) < 4.78 is 24.2. The lowest BCUT2D eigenvalue weighted by Crippen LogP contribution is -2.28. The highest BCUT2D eigenvalue weighted by molar-refractivity contribution is 5.90. The van der Waals surface area contributed by atoms with Crippen molar-refractivity contribution in [2.75, 3.05) is 19.0 Å². The molecule has 2 aromatic carbocycles. The molecule has 0 heterocycles. The van der Waals surface area contributed by atoms with E-state index in [0.717, 1.165) is 24.5 Å². The standard InChI is InChI=1S/C20H22FN3O3/c1-3-4-9-27-18-8-5-14(10-19(18)26-2)13-23-20(25)24-17-7-6-16(21)11-15(17)12-22/h5-8,10-11H,3-4,9,13H2,1-2H3,(H2,23,24,25). The number of methoxy groups -OCH3 is 1. The van der Waals surface area contributed by atoms with Crippen molar-refractivity contribution in [3.05, 3.63) is 53.3 Å². The number of nitrogens with zero attached hydrogens (tertiary/aromatic N) is 1. The number of anilines is 1. The van der Waals surface area contributed by atoms with Crippen molar-refractivity contribution in [1.29, 1.82) is 5.26 Å². The van der Waals surface area contributed by atoms with Gasteiger partial charge in [0, 0.05) is 6.54 Å². The molecule has 0 spiro atoms. The summed E-state index contributed by atoms with van der Waals surface area (Å²) in [6, 6.07) is 10.4. The smallest absolute Gasteiger partial charge is 0.319 e. The fourth-order valence-electron chi connectivity index (χ4n) is 2.33. The number of nitriles is 1. The predicted octanol–water partition coefficient (Wildman–Crippen LogP) is 4.21. The van der Waals surface area contributed by atoms with E-state index in [1.807, 2.05) is 12.1 Å². The summed E-state index contributed by atoms with van der Waals surface area (Å²) in [5, 5.41) is 14.2. The second-order valence-corrected chi connectivity index (χ2v) is 5.80. The normalized spacial score (nSPS) is 10.0. The number of halogens is 1. The molecule has 0 aromatic heterocycles. The maximum absolute atomic E-state index is 13.1. The van der Waals surface area contributed by atoms with E-state index in [0.29, 0.717) is 18.1 Å². The number of carbonyl (C=O) groups is 1. The lowest BCUT2D eigenvalue weighted by Gasteiger charge is -2.13. The van der Waals surface area contributed by atoms with Gasteiger partial charge in [0.15, 0.2) is 11.5 Å². The first-order valence-corrected chi connectivity index (χ1v) is 8.61. The van der Waals surface area contributed by atoms with Gasteiger partial charge in [0.1, 0.15) is 11.9 Å². The van der Waals surface area contributed by atoms with E-state index in [2.05, 4.69) is 17.6 Å². The number of carbonyl (C=O) groups excluding carboxylic acids is 1. The predicted molar refractivity (Wildman–Crippen MR) is 100 cm³/mol. The molecule has 7 heteroatoms. The molecule has 27 heavy (non-hydrogen) atoms. The molecule has 0 aliphatic heterocycles. The van der Waals surface area contributed by atoms with Crippen molar-refractivity contribution in [2.24, 2.45) is 0 Å². The van der Waals surface area contributed by atoms with Crippen molar-refractivity contribution < 1.29 is 18.7 Å². The van der Waals surface area contributed by atoms with Gasteiger partial charge < -0.3 is 20.1 Å². The summed E-state index contributed by atoms with van der Waals surface area (Å²) >= 11 is 0. The van der Waals surface area contributed by atoms with Gasteiger partial charge in [0.05, 0.1) is 25.0 Å². The molecule has 2 rings (SSSR count). The van der Waals surface area contributed by atoms with Gasteiger partial charge in [-0.15, -0.1) is 0 Å². The van der Waals surface area contributed by atoms with Gasteiger partial charge in [-0.2, -0.15) is 5.26 Å². The third-order valence-electron chi connectivity index (χ3n) is 3.79. The number of nitrogens with one attached hydrogen (secondary N) is 2. The Morgan fingerprint density at radius 3 is 2.74 bits per heavy atom. The zero-order valence-corrected chi connectivity index (χ0v) is 15.3. The molecule has 0 radical (unpaired) electrons. The van der Waals surface area contributed by atoms with Crippen LogP contribution in [0.4, 0.5) is 14.9 Å². The molecular formula is C20H22FN3O3. The maximum Gasteiger partial charge on any atom is 0.319 e. The van der Waals surface area contributed by atoms with Crippen LogP contribution in [-0.2, 0) is 6.54 Å². The van der Waals surface area contributed by atoms with Crippen LogP contribution in [0.5, 0.6) is 11.5 Å². The van der Waals surface area contributed by atoms with Crippen LogP contribution in [0, 0.1) is 17.1 Å². The summed E-state index contributed by atoms with van der Waals surface area (Å²) in [5.74, 6) is 0.714. The van der Waals surface area contributed by atoms with Crippen LogP contribution in [0.1, 0.15) is 30.9 Å². The minimum Gasteiger partial charge on any atom is -0.493 e. The molecule has 2 N–H and O–H groups in total. The first kappa shape index (κ1) is 20.0. The Bertz CT molecular complexity index is 834. The second kappa shape index (κ2) is 10.0. The van der Waals surface area contributed by atoms with Gasteiger partial charge in [-0.1, -0.05) is 19.4 Å². The number of hydrogen-bond donors (Lipinski definition) is 2. The highest BCUT2D eigenvalue weighted by Gasteiger charge is 2.09. The van der Waals surface area contributed by atoms with Gasteiger partial charge in [-0.25, -0.2) is 9.18 Å². The summed E-state index contributed by atoms with van der Waals surface area (Å²) in [5.41, 5.74) is 1.12. The van der Waals surface area contributed by atoms with Crippen LogP contribution >= 0.6 is 0 Å². The lowest BCUT2D eigenvalue weighted by atomic mass is 10.2. The lowest BCUT2D eigenvalue weighted by molar-refractivity contribution is 0.251. The number of benzene rings is 2. The number of hydrogen-bond acceptors (Lipinski definition) is 4. The Morgan fingerprint density at radius 2 is 2.04 bits per heavy atom. The number of amides is 2. The fourth-order valence-corrected chi connectivity index (χ4v) is 2.33. The molecule has 0 saturated heterocycles. The van der Waals surface area contributed by atoms with Crippen molar-refractivity contribution in [1.82, 2.24) is 5.32 Å². The van der Waals surface area contributed by atoms with Crippen LogP contribution in [0.15, 0.2) is 36.4 Å². The van der Waals surface area contributed by atoms with Gasteiger partial charge >= 0.3 is 6.03 Å². The molecule has 0 bridgehead atoms. The Balaban J connectivity index is 1.96. The molecular weight excluding hydrogens is 349 g/mol. The van der Waals surface area contributed by atoms with E-state index in [1.165, 1.54) is 12.1 Å². The van der Waals surface area contributed by atoms with Crippen molar-refractivity contribution in [3.63, 3.8) is 0 Å². The first-order chi connectivity index (χ1) is 13.1. The molecule has 142 valence electrons. The molecule has 0 aliphatic carbocycles. The topological polar surface area (TPSA) is 83.4 Å². The van der Waals surface area contributed by atoms with Crippen LogP contribution in [0.3, 0.4) is 0 Å². The van der Waals surface area contributed by atoms with Crippen LogP contribution in [0.25, 0.3) is 0 Å². The van der Waals surface area contributed by atoms with Crippen LogP contribution in [0.2, 0.25) is 0 Å². The number of rotatable bonds is 8. The van der Waals surface area contributed by atoms with E-state index in [-0.39, 0.29) is 17.8 Å². The monoisotopic (exact) mass is 371 g/mol. The largest absolute Gasteiger partial charge is 0.493 e. The molecule has 0 saturated carbocycles. The Kier molecular flexibility index (Phi) is 7.44. The van der Waals surface area contributed by atoms with Crippen LogP contribution < -0.4 is 20.1 Å². The van der Waals surface area contributed by atoms with Gasteiger partial charge in [0.2, 0.25) is 0 Å². The average molecular weight is 371 g/mol. The SMILES string of the molecule is CCCCOc1ccc(CNC(=O)Nc2ccc(F)cc2C#N)cc1OC. The molecule has 0 atom stereocenters. The molecule has 0 aliphatic rings. The molecule has 2 aromatic rings. The summed E-state index contributed by atoms with van der Waals surface area (Å²) in [7, 11) is 1.56. The van der Waals surface area contributed by atoms with Gasteiger partial charge in [-0.3, -0.25) is 0 Å². The van der Waals surface area contributed by atoms with E-state index in [9.17, 15) is 9.18 Å². The summed E-state index contributed by atoms with van der Waals surface area (Å²) in [4.78, 5) is 12.1. The Hall–Kier alpha value is -3.27. The fraction of sp³-hybridized carbons (Fsp3) is 0.300. The zero-order valence-electron chi connectivity index (χ0n) is 15.3. The van der Waals surface area contributed by atoms with Gasteiger partial charge in [0.25, 0.3) is 0 Å². The van der Waals surface area contributed by atoms with E-state index < -0.39 is 11.8 Å². The average Bonchev–Trinajstić information content (AvgIpc) is 2.68. The number of ether oxygens (including phenoxy) is 2. The van der Waals surface area contributed by atoms with Crippen molar-refractivity contribution in [2.45, 2.75) is 26.3 Å². The molecule has 6 nitrogen and oxygen atoms in total. The minimum absolute atomic E-state index is 0.0559. The third-order valence-corrected chi connectivity index (χ3v) is 3.79. The zero-order chi connectivity index (χ0) is 19.6. The molecule has 0 unspecified atom stereocenters. The van der Waals surface area contributed by atoms with E-state index in [1.54, 1.807) is 19.2 Å². The Morgan fingerprint density at radius 1 is 1.22 bits per heavy atom. The van der Waals surface area contributed by atoms with Crippen LogP contribution in [-0.4, -0.2) is 19.7 Å². The number of urea groups is 1. The second-order valence-electron chi connectivity index (χ2n) is 5.80. The summed E-state index contributed by atoms with van der Waals surface area (Å²) in [6.07, 6.45) is 2.00.